The third-order valence-corrected chi connectivity index (χ3v) is 4.80. The SMILES string of the molecule is Cc1ccc(C(C)CNC(=O)C2CCCCC2(C)N)cc1. The number of hydrogen-bond acceptors (Lipinski definition) is 2. The van der Waals surface area contributed by atoms with Crippen molar-refractivity contribution in [1.29, 1.82) is 0 Å². The summed E-state index contributed by atoms with van der Waals surface area (Å²) >= 11 is 0. The lowest BCUT2D eigenvalue weighted by atomic mass is 9.74. The summed E-state index contributed by atoms with van der Waals surface area (Å²) in [5, 5.41) is 3.10. The van der Waals surface area contributed by atoms with Gasteiger partial charge in [-0.25, -0.2) is 0 Å². The van der Waals surface area contributed by atoms with Crippen molar-refractivity contribution < 1.29 is 4.79 Å². The molecule has 3 heteroatoms. The number of benzene rings is 1. The predicted octanol–water partition coefficient (Wildman–Crippen LogP) is 3.12. The van der Waals surface area contributed by atoms with Crippen LogP contribution in [0.1, 0.15) is 56.6 Å². The molecule has 1 aromatic carbocycles. The summed E-state index contributed by atoms with van der Waals surface area (Å²) in [5.74, 6) is 0.400. The molecule has 2 rings (SSSR count). The van der Waals surface area contributed by atoms with Gasteiger partial charge in [-0.1, -0.05) is 49.6 Å². The van der Waals surface area contributed by atoms with Crippen LogP contribution in [-0.4, -0.2) is 18.0 Å². The Morgan fingerprint density at radius 1 is 1.38 bits per heavy atom. The van der Waals surface area contributed by atoms with Crippen molar-refractivity contribution in [2.24, 2.45) is 11.7 Å². The highest BCUT2D eigenvalue weighted by molar-refractivity contribution is 5.80. The highest BCUT2D eigenvalue weighted by Crippen LogP contribution is 2.31. The fraction of sp³-hybridized carbons (Fsp3) is 0.611. The Hall–Kier alpha value is -1.35. The molecular formula is C18H28N2O. The maximum absolute atomic E-state index is 12.4. The average molecular weight is 288 g/mol. The molecule has 1 aromatic rings. The molecule has 1 aliphatic carbocycles. The van der Waals surface area contributed by atoms with E-state index >= 15 is 0 Å². The number of nitrogens with one attached hydrogen (secondary N) is 1. The van der Waals surface area contributed by atoms with Crippen LogP contribution in [0, 0.1) is 12.8 Å². The standard InChI is InChI=1S/C18H28N2O/c1-13-7-9-15(10-8-13)14(2)12-20-17(21)16-6-4-5-11-18(16,3)19/h7-10,14,16H,4-6,11-12,19H2,1-3H3,(H,20,21). The van der Waals surface area contributed by atoms with Gasteiger partial charge in [0.05, 0.1) is 5.92 Å². The third-order valence-electron chi connectivity index (χ3n) is 4.80. The van der Waals surface area contributed by atoms with Gasteiger partial charge >= 0.3 is 0 Å². The quantitative estimate of drug-likeness (QED) is 0.894. The monoisotopic (exact) mass is 288 g/mol. The van der Waals surface area contributed by atoms with Gasteiger partial charge in [0.25, 0.3) is 0 Å². The zero-order chi connectivity index (χ0) is 15.5. The molecule has 3 unspecified atom stereocenters. The largest absolute Gasteiger partial charge is 0.355 e. The lowest BCUT2D eigenvalue weighted by Crippen LogP contribution is -2.53. The Morgan fingerprint density at radius 2 is 2.05 bits per heavy atom. The van der Waals surface area contributed by atoms with Crippen LogP contribution >= 0.6 is 0 Å². The molecule has 21 heavy (non-hydrogen) atoms. The lowest BCUT2D eigenvalue weighted by molar-refractivity contribution is -0.128. The van der Waals surface area contributed by atoms with E-state index < -0.39 is 0 Å². The van der Waals surface area contributed by atoms with Crippen molar-refractivity contribution in [3.8, 4) is 0 Å². The first-order valence-corrected chi connectivity index (χ1v) is 8.03. The van der Waals surface area contributed by atoms with E-state index in [9.17, 15) is 4.79 Å². The van der Waals surface area contributed by atoms with Crippen molar-refractivity contribution in [3.63, 3.8) is 0 Å². The van der Waals surface area contributed by atoms with Gasteiger partial charge in [-0.05, 0) is 38.2 Å². The second-order valence-electron chi connectivity index (χ2n) is 6.86. The number of rotatable bonds is 4. The summed E-state index contributed by atoms with van der Waals surface area (Å²) in [7, 11) is 0. The van der Waals surface area contributed by atoms with Crippen molar-refractivity contribution in [1.82, 2.24) is 5.32 Å². The highest BCUT2D eigenvalue weighted by Gasteiger charge is 2.37. The molecule has 0 saturated heterocycles. The molecule has 1 fully saturated rings. The number of amides is 1. The fourth-order valence-electron chi connectivity index (χ4n) is 3.18. The van der Waals surface area contributed by atoms with E-state index in [0.717, 1.165) is 25.7 Å². The van der Waals surface area contributed by atoms with Gasteiger partial charge in [0.15, 0.2) is 0 Å². The second kappa shape index (κ2) is 6.61. The first kappa shape index (κ1) is 16.0. The molecule has 1 saturated carbocycles. The van der Waals surface area contributed by atoms with Crippen LogP contribution in [0.3, 0.4) is 0 Å². The zero-order valence-electron chi connectivity index (χ0n) is 13.5. The maximum Gasteiger partial charge on any atom is 0.224 e. The number of hydrogen-bond donors (Lipinski definition) is 2. The van der Waals surface area contributed by atoms with Crippen LogP contribution < -0.4 is 11.1 Å². The Kier molecular flexibility index (Phi) is 5.04. The van der Waals surface area contributed by atoms with Gasteiger partial charge in [0, 0.05) is 12.1 Å². The summed E-state index contributed by atoms with van der Waals surface area (Å²) in [4.78, 5) is 12.4. The second-order valence-corrected chi connectivity index (χ2v) is 6.86. The molecule has 0 aromatic heterocycles. The number of carbonyl (C=O) groups is 1. The molecule has 0 aliphatic heterocycles. The molecule has 1 aliphatic rings. The molecule has 0 heterocycles. The van der Waals surface area contributed by atoms with Gasteiger partial charge in [-0.3, -0.25) is 4.79 Å². The summed E-state index contributed by atoms with van der Waals surface area (Å²) in [5.41, 5.74) is 8.47. The van der Waals surface area contributed by atoms with E-state index in [1.165, 1.54) is 11.1 Å². The molecule has 1 amide bonds. The van der Waals surface area contributed by atoms with Gasteiger partial charge in [0.2, 0.25) is 5.91 Å². The van der Waals surface area contributed by atoms with Gasteiger partial charge in [0.1, 0.15) is 0 Å². The first-order chi connectivity index (χ1) is 9.90. The maximum atomic E-state index is 12.4. The number of aryl methyl sites for hydroxylation is 1. The van der Waals surface area contributed by atoms with Crippen LogP contribution in [0.5, 0.6) is 0 Å². The minimum absolute atomic E-state index is 0.0449. The van der Waals surface area contributed by atoms with Crippen molar-refractivity contribution >= 4 is 5.91 Å². The van der Waals surface area contributed by atoms with Crippen LogP contribution in [-0.2, 0) is 4.79 Å². The minimum Gasteiger partial charge on any atom is -0.355 e. The van der Waals surface area contributed by atoms with E-state index in [2.05, 4.69) is 43.4 Å². The third kappa shape index (κ3) is 4.07. The Balaban J connectivity index is 1.90. The van der Waals surface area contributed by atoms with E-state index in [1.807, 2.05) is 6.92 Å². The molecule has 3 N–H and O–H groups in total. The molecule has 0 spiro atoms. The summed E-state index contributed by atoms with van der Waals surface area (Å²) in [6.07, 6.45) is 4.10. The molecule has 0 bridgehead atoms. The van der Waals surface area contributed by atoms with E-state index in [0.29, 0.717) is 12.5 Å². The van der Waals surface area contributed by atoms with E-state index in [4.69, 9.17) is 5.73 Å². The van der Waals surface area contributed by atoms with Crippen LogP contribution in [0.25, 0.3) is 0 Å². The predicted molar refractivity (Wildman–Crippen MR) is 87.2 cm³/mol. The van der Waals surface area contributed by atoms with Crippen LogP contribution in [0.15, 0.2) is 24.3 Å². The van der Waals surface area contributed by atoms with E-state index in [-0.39, 0.29) is 17.4 Å². The van der Waals surface area contributed by atoms with E-state index in [1.54, 1.807) is 0 Å². The Morgan fingerprint density at radius 3 is 2.67 bits per heavy atom. The molecular weight excluding hydrogens is 260 g/mol. The topological polar surface area (TPSA) is 55.1 Å². The van der Waals surface area contributed by atoms with Crippen LogP contribution in [0.2, 0.25) is 0 Å². The minimum atomic E-state index is -0.352. The molecule has 116 valence electrons. The lowest BCUT2D eigenvalue weighted by Gasteiger charge is -2.37. The van der Waals surface area contributed by atoms with Crippen molar-refractivity contribution in [2.45, 2.75) is 57.9 Å². The van der Waals surface area contributed by atoms with Crippen LogP contribution in [0.4, 0.5) is 0 Å². The fourth-order valence-corrected chi connectivity index (χ4v) is 3.18. The Labute approximate surface area is 128 Å². The van der Waals surface area contributed by atoms with Gasteiger partial charge in [-0.2, -0.15) is 0 Å². The van der Waals surface area contributed by atoms with Gasteiger partial charge in [-0.15, -0.1) is 0 Å². The Bertz CT molecular complexity index is 478. The molecule has 3 nitrogen and oxygen atoms in total. The smallest absolute Gasteiger partial charge is 0.224 e. The normalized spacial score (nSPS) is 27.1. The summed E-state index contributed by atoms with van der Waals surface area (Å²) in [6, 6.07) is 8.51. The van der Waals surface area contributed by atoms with Gasteiger partial charge < -0.3 is 11.1 Å². The number of carbonyl (C=O) groups excluding carboxylic acids is 1. The van der Waals surface area contributed by atoms with Crippen molar-refractivity contribution in [3.05, 3.63) is 35.4 Å². The van der Waals surface area contributed by atoms with Crippen molar-refractivity contribution in [2.75, 3.05) is 6.54 Å². The number of nitrogens with two attached hydrogens (primary N) is 1. The highest BCUT2D eigenvalue weighted by atomic mass is 16.1. The first-order valence-electron chi connectivity index (χ1n) is 8.03. The summed E-state index contributed by atoms with van der Waals surface area (Å²) in [6.45, 7) is 6.92. The zero-order valence-corrected chi connectivity index (χ0v) is 13.5. The molecule has 3 atom stereocenters. The summed E-state index contributed by atoms with van der Waals surface area (Å²) < 4.78 is 0. The molecule has 0 radical (unpaired) electrons. The average Bonchev–Trinajstić information content (AvgIpc) is 2.44.